The molecule has 0 spiro atoms. The number of nitroso groups, excluding NO2 is 2. The van der Waals surface area contributed by atoms with Crippen molar-refractivity contribution in [3.8, 4) is 0 Å². The first-order valence-electron chi connectivity index (χ1n) is 5.39. The molecule has 0 radical (unpaired) electrons. The lowest BCUT2D eigenvalue weighted by Gasteiger charge is -1.97. The van der Waals surface area contributed by atoms with Gasteiger partial charge in [-0.25, -0.2) is 0 Å². The van der Waals surface area contributed by atoms with Gasteiger partial charge in [-0.2, -0.15) is 9.81 Å². The van der Waals surface area contributed by atoms with E-state index in [-0.39, 0.29) is 0 Å². The topological polar surface area (TPSA) is 58.9 Å². The van der Waals surface area contributed by atoms with Crippen LogP contribution in [0.3, 0.4) is 0 Å². The smallest absolute Gasteiger partial charge is 0.164 e. The summed E-state index contributed by atoms with van der Waals surface area (Å²) in [6, 6.07) is 13.5. The minimum Gasteiger partial charge on any atom is -0.164 e. The van der Waals surface area contributed by atoms with E-state index in [0.29, 0.717) is 5.46 Å². The minimum absolute atomic E-state index is 0.541. The molecule has 0 N–H and O–H groups in total. The van der Waals surface area contributed by atoms with Gasteiger partial charge in [0.25, 0.3) is 0 Å². The number of benzene rings is 2. The standard InChI is InChI=1S/C12H7BN2O2S/c16-14-13(15-17)8-5-6-10-9-3-1-2-4-11(9)18-12(10)7-8/h1-7H. The summed E-state index contributed by atoms with van der Waals surface area (Å²) in [5.74, 6) is 0. The zero-order valence-corrected chi connectivity index (χ0v) is 10.1. The first-order valence-corrected chi connectivity index (χ1v) is 6.21. The summed E-state index contributed by atoms with van der Waals surface area (Å²) in [5, 5.41) is 7.73. The second kappa shape index (κ2) is 4.31. The molecule has 0 bridgehead atoms. The average Bonchev–Trinajstić information content (AvgIpc) is 2.78. The van der Waals surface area contributed by atoms with Crippen molar-refractivity contribution in [3.05, 3.63) is 52.3 Å². The average molecular weight is 254 g/mol. The Morgan fingerprint density at radius 1 is 0.889 bits per heavy atom. The van der Waals surface area contributed by atoms with Gasteiger partial charge in [0.05, 0.1) is 0 Å². The molecule has 0 atom stereocenters. The van der Waals surface area contributed by atoms with E-state index in [1.54, 1.807) is 17.4 Å². The molecule has 0 aliphatic heterocycles. The maximum Gasteiger partial charge on any atom is 0.548 e. The van der Waals surface area contributed by atoms with Crippen LogP contribution in [0.4, 0.5) is 0 Å². The Kier molecular flexibility index (Phi) is 2.64. The Morgan fingerprint density at radius 3 is 2.39 bits per heavy atom. The second-order valence-corrected chi connectivity index (χ2v) is 5.02. The molecule has 0 fully saturated rings. The number of thiophene rings is 1. The highest BCUT2D eigenvalue weighted by atomic mass is 32.1. The van der Waals surface area contributed by atoms with Gasteiger partial charge >= 0.3 is 6.98 Å². The molecule has 18 heavy (non-hydrogen) atoms. The number of nitrogens with zero attached hydrogens (tertiary/aromatic N) is 2. The second-order valence-electron chi connectivity index (χ2n) is 3.94. The molecule has 1 heterocycles. The Morgan fingerprint density at radius 2 is 1.61 bits per heavy atom. The predicted molar refractivity (Wildman–Crippen MR) is 76.3 cm³/mol. The summed E-state index contributed by atoms with van der Waals surface area (Å²) in [5.41, 5.74) is 0.541. The van der Waals surface area contributed by atoms with Crippen LogP contribution < -0.4 is 5.46 Å². The van der Waals surface area contributed by atoms with Crippen LogP contribution in [0.5, 0.6) is 0 Å². The van der Waals surface area contributed by atoms with E-state index in [1.165, 1.54) is 10.1 Å². The SMILES string of the molecule is O=NB(N=O)c1ccc2c(c1)sc1ccccc12. The van der Waals surface area contributed by atoms with Crippen molar-refractivity contribution >= 4 is 44.0 Å². The molecular weight excluding hydrogens is 247 g/mol. The first-order chi connectivity index (χ1) is 8.83. The Bertz CT molecular complexity index is 748. The van der Waals surface area contributed by atoms with Crippen LogP contribution >= 0.6 is 11.3 Å². The van der Waals surface area contributed by atoms with Gasteiger partial charge in [-0.15, -0.1) is 11.3 Å². The highest BCUT2D eigenvalue weighted by Gasteiger charge is 2.21. The van der Waals surface area contributed by atoms with Crippen molar-refractivity contribution in [2.75, 3.05) is 0 Å². The molecule has 0 amide bonds. The number of fused-ring (bicyclic) bond motifs is 3. The molecule has 3 rings (SSSR count). The van der Waals surface area contributed by atoms with Crippen LogP contribution in [0.15, 0.2) is 52.6 Å². The van der Waals surface area contributed by atoms with Crippen molar-refractivity contribution in [1.82, 2.24) is 0 Å². The first kappa shape index (κ1) is 11.0. The summed E-state index contributed by atoms with van der Waals surface area (Å²) in [6.07, 6.45) is 0. The monoisotopic (exact) mass is 254 g/mol. The third-order valence-corrected chi connectivity index (χ3v) is 4.03. The van der Waals surface area contributed by atoms with Gasteiger partial charge in [-0.1, -0.05) is 40.5 Å². The van der Waals surface area contributed by atoms with Crippen LogP contribution in [-0.4, -0.2) is 6.98 Å². The van der Waals surface area contributed by atoms with E-state index in [2.05, 4.69) is 16.2 Å². The summed E-state index contributed by atoms with van der Waals surface area (Å²) in [6.45, 7) is -1.15. The summed E-state index contributed by atoms with van der Waals surface area (Å²) >= 11 is 1.63. The van der Waals surface area contributed by atoms with Crippen LogP contribution in [0.2, 0.25) is 0 Å². The van der Waals surface area contributed by atoms with Crippen molar-refractivity contribution < 1.29 is 0 Å². The van der Waals surface area contributed by atoms with Gasteiger partial charge in [0.15, 0.2) is 0 Å². The molecule has 86 valence electrons. The van der Waals surface area contributed by atoms with Gasteiger partial charge in [0.2, 0.25) is 0 Å². The predicted octanol–water partition coefficient (Wildman–Crippen LogP) is 3.28. The van der Waals surface area contributed by atoms with Crippen molar-refractivity contribution in [2.24, 2.45) is 10.2 Å². The lowest BCUT2D eigenvalue weighted by Crippen LogP contribution is -2.24. The third-order valence-electron chi connectivity index (χ3n) is 2.90. The van der Waals surface area contributed by atoms with Gasteiger partial charge in [-0.3, -0.25) is 0 Å². The molecular formula is C12H7BN2O2S. The molecule has 2 aromatic carbocycles. The molecule has 0 unspecified atom stereocenters. The summed E-state index contributed by atoms with van der Waals surface area (Å²) < 4.78 is 2.21. The molecule has 6 heteroatoms. The molecule has 0 saturated heterocycles. The maximum atomic E-state index is 10.5. The molecule has 4 nitrogen and oxygen atoms in total. The van der Waals surface area contributed by atoms with Gasteiger partial charge in [-0.05, 0) is 17.6 Å². The highest BCUT2D eigenvalue weighted by Crippen LogP contribution is 2.32. The zero-order chi connectivity index (χ0) is 12.5. The quantitative estimate of drug-likeness (QED) is 0.531. The van der Waals surface area contributed by atoms with Gasteiger partial charge < -0.3 is 0 Å². The van der Waals surface area contributed by atoms with E-state index >= 15 is 0 Å². The molecule has 3 aromatic rings. The number of hydrogen-bond donors (Lipinski definition) is 0. The largest absolute Gasteiger partial charge is 0.548 e. The van der Waals surface area contributed by atoms with E-state index in [9.17, 15) is 9.81 Å². The van der Waals surface area contributed by atoms with Crippen LogP contribution in [0.25, 0.3) is 20.2 Å². The molecule has 0 saturated carbocycles. The van der Waals surface area contributed by atoms with Gasteiger partial charge in [0, 0.05) is 20.2 Å². The lowest BCUT2D eigenvalue weighted by molar-refractivity contribution is 1.58. The van der Waals surface area contributed by atoms with E-state index in [1.807, 2.05) is 30.3 Å². The molecule has 1 aromatic heterocycles. The molecule has 0 aliphatic carbocycles. The Hall–Kier alpha value is -2.08. The summed E-state index contributed by atoms with van der Waals surface area (Å²) in [4.78, 5) is 21.0. The minimum atomic E-state index is -1.15. The van der Waals surface area contributed by atoms with E-state index < -0.39 is 6.98 Å². The Balaban J connectivity index is 2.27. The fourth-order valence-corrected chi connectivity index (χ4v) is 3.20. The lowest BCUT2D eigenvalue weighted by atomic mass is 9.71. The zero-order valence-electron chi connectivity index (χ0n) is 9.24. The van der Waals surface area contributed by atoms with Crippen LogP contribution in [0.1, 0.15) is 0 Å². The third kappa shape index (κ3) is 1.62. The number of hydrogen-bond acceptors (Lipinski definition) is 5. The van der Waals surface area contributed by atoms with E-state index in [0.717, 1.165) is 10.1 Å². The Labute approximate surface area is 107 Å². The van der Waals surface area contributed by atoms with Crippen molar-refractivity contribution in [3.63, 3.8) is 0 Å². The fourth-order valence-electron chi connectivity index (χ4n) is 2.04. The number of rotatable bonds is 3. The normalized spacial score (nSPS) is 10.7. The highest BCUT2D eigenvalue weighted by molar-refractivity contribution is 7.25. The molecule has 0 aliphatic rings. The van der Waals surface area contributed by atoms with Crippen molar-refractivity contribution in [1.29, 1.82) is 0 Å². The maximum absolute atomic E-state index is 10.5. The van der Waals surface area contributed by atoms with Crippen molar-refractivity contribution in [2.45, 2.75) is 0 Å². The van der Waals surface area contributed by atoms with Crippen LogP contribution in [0, 0.1) is 9.81 Å². The fraction of sp³-hybridized carbons (Fsp3) is 0. The van der Waals surface area contributed by atoms with E-state index in [4.69, 9.17) is 0 Å². The van der Waals surface area contributed by atoms with Crippen LogP contribution in [-0.2, 0) is 0 Å². The van der Waals surface area contributed by atoms with Gasteiger partial charge in [0.1, 0.15) is 0 Å². The summed E-state index contributed by atoms with van der Waals surface area (Å²) in [7, 11) is 0.